The molecule has 0 fully saturated rings. The van der Waals surface area contributed by atoms with Gasteiger partial charge in [-0.05, 0) is 57.8 Å². The van der Waals surface area contributed by atoms with E-state index in [4.69, 9.17) is 14.2 Å². The van der Waals surface area contributed by atoms with E-state index < -0.39 is 6.10 Å². The highest BCUT2D eigenvalue weighted by atomic mass is 16.5. The van der Waals surface area contributed by atoms with Gasteiger partial charge in [0.05, 0.1) is 7.11 Å². The Hall–Kier alpha value is -2.28. The van der Waals surface area contributed by atoms with Gasteiger partial charge in [0.15, 0.2) is 11.5 Å². The van der Waals surface area contributed by atoms with Crippen LogP contribution in [0.3, 0.4) is 0 Å². The number of nitrogens with zero attached hydrogens (tertiary/aromatic N) is 2. The van der Waals surface area contributed by atoms with E-state index in [1.54, 1.807) is 7.11 Å². The van der Waals surface area contributed by atoms with Gasteiger partial charge >= 0.3 is 0 Å². The van der Waals surface area contributed by atoms with Crippen molar-refractivity contribution in [3.8, 4) is 17.2 Å². The number of para-hydroxylation sites is 1. The molecule has 0 spiro atoms. The van der Waals surface area contributed by atoms with Crippen LogP contribution in [0.4, 0.5) is 0 Å². The average Bonchev–Trinajstić information content (AvgIpc) is 2.73. The zero-order valence-electron chi connectivity index (χ0n) is 18.9. The van der Waals surface area contributed by atoms with Gasteiger partial charge in [0.25, 0.3) is 0 Å². The molecule has 0 radical (unpaired) electrons. The molecule has 0 aromatic heterocycles. The molecule has 0 aliphatic heterocycles. The van der Waals surface area contributed by atoms with Gasteiger partial charge < -0.3 is 24.2 Å². The minimum Gasteiger partial charge on any atom is -0.493 e. The molecule has 0 amide bonds. The quantitative estimate of drug-likeness (QED) is 0.541. The minimum atomic E-state index is -0.558. The summed E-state index contributed by atoms with van der Waals surface area (Å²) in [6.45, 7) is 7.20. The van der Waals surface area contributed by atoms with Crippen LogP contribution in [0.5, 0.6) is 17.2 Å². The largest absolute Gasteiger partial charge is 0.493 e. The van der Waals surface area contributed by atoms with Crippen molar-refractivity contribution in [2.24, 2.45) is 0 Å². The molecule has 0 aliphatic rings. The van der Waals surface area contributed by atoms with Gasteiger partial charge in [-0.3, -0.25) is 4.90 Å². The highest BCUT2D eigenvalue weighted by molar-refractivity contribution is 5.43. The maximum Gasteiger partial charge on any atom is 0.161 e. The first-order valence-corrected chi connectivity index (χ1v) is 10.4. The maximum atomic E-state index is 10.2. The Labute approximate surface area is 181 Å². The number of hydrogen-bond acceptors (Lipinski definition) is 6. The van der Waals surface area contributed by atoms with Crippen LogP contribution in [0.25, 0.3) is 0 Å². The van der Waals surface area contributed by atoms with Crippen LogP contribution in [0.1, 0.15) is 19.4 Å². The molecule has 6 heteroatoms. The van der Waals surface area contributed by atoms with E-state index in [1.165, 1.54) is 0 Å². The molecule has 2 rings (SSSR count). The van der Waals surface area contributed by atoms with Crippen molar-refractivity contribution < 1.29 is 19.3 Å². The number of rotatable bonds is 13. The van der Waals surface area contributed by atoms with Crippen LogP contribution >= 0.6 is 0 Å². The lowest BCUT2D eigenvalue weighted by Crippen LogP contribution is -2.36. The molecule has 6 nitrogen and oxygen atoms in total. The van der Waals surface area contributed by atoms with E-state index in [2.05, 4.69) is 30.7 Å². The molecule has 2 aromatic carbocycles. The summed E-state index contributed by atoms with van der Waals surface area (Å²) in [6.07, 6.45) is -0.558. The van der Waals surface area contributed by atoms with Gasteiger partial charge in [-0.2, -0.15) is 0 Å². The molecule has 1 N–H and O–H groups in total. The highest BCUT2D eigenvalue weighted by Crippen LogP contribution is 2.28. The first-order valence-electron chi connectivity index (χ1n) is 10.4. The third kappa shape index (κ3) is 8.22. The van der Waals surface area contributed by atoms with Gasteiger partial charge in [0.2, 0.25) is 0 Å². The van der Waals surface area contributed by atoms with Gasteiger partial charge in [0, 0.05) is 25.7 Å². The Kier molecular flexibility index (Phi) is 9.94. The topological polar surface area (TPSA) is 54.4 Å². The summed E-state index contributed by atoms with van der Waals surface area (Å²) in [5.41, 5.74) is 1.13. The summed E-state index contributed by atoms with van der Waals surface area (Å²) >= 11 is 0. The number of aliphatic hydroxyl groups excluding tert-OH is 1. The molecular formula is C24H36N2O4. The predicted octanol–water partition coefficient (Wildman–Crippen LogP) is 3.29. The number of likely N-dealkylation sites (N-methyl/N-ethyl adjacent to an activating group) is 2. The van der Waals surface area contributed by atoms with Crippen molar-refractivity contribution in [3.63, 3.8) is 0 Å². The summed E-state index contributed by atoms with van der Waals surface area (Å²) in [6, 6.07) is 16.1. The summed E-state index contributed by atoms with van der Waals surface area (Å²) in [7, 11) is 5.68. The smallest absolute Gasteiger partial charge is 0.161 e. The van der Waals surface area contributed by atoms with Crippen molar-refractivity contribution in [2.45, 2.75) is 32.5 Å². The number of benzene rings is 2. The highest BCUT2D eigenvalue weighted by Gasteiger charge is 2.13. The first-order chi connectivity index (χ1) is 14.4. The normalized spacial score (nSPS) is 12.4. The molecule has 0 saturated heterocycles. The molecule has 1 unspecified atom stereocenters. The predicted molar refractivity (Wildman–Crippen MR) is 121 cm³/mol. The third-order valence-corrected chi connectivity index (χ3v) is 4.98. The summed E-state index contributed by atoms with van der Waals surface area (Å²) in [5, 5.41) is 10.2. The van der Waals surface area contributed by atoms with Crippen molar-refractivity contribution in [1.82, 2.24) is 9.80 Å². The van der Waals surface area contributed by atoms with Gasteiger partial charge in [-0.25, -0.2) is 0 Å². The van der Waals surface area contributed by atoms with Crippen LogP contribution < -0.4 is 14.2 Å². The van der Waals surface area contributed by atoms with E-state index >= 15 is 0 Å². The van der Waals surface area contributed by atoms with E-state index in [9.17, 15) is 5.11 Å². The van der Waals surface area contributed by atoms with Crippen LogP contribution in [-0.2, 0) is 6.54 Å². The molecule has 0 heterocycles. The second-order valence-electron chi connectivity index (χ2n) is 7.88. The Morgan fingerprint density at radius 3 is 2.37 bits per heavy atom. The summed E-state index contributed by atoms with van der Waals surface area (Å²) in [5.74, 6) is 2.20. The Morgan fingerprint density at radius 2 is 1.70 bits per heavy atom. The van der Waals surface area contributed by atoms with E-state index in [-0.39, 0.29) is 6.61 Å². The molecule has 0 bridgehead atoms. The summed E-state index contributed by atoms with van der Waals surface area (Å²) < 4.78 is 17.1. The fourth-order valence-electron chi connectivity index (χ4n) is 2.94. The zero-order chi connectivity index (χ0) is 21.9. The molecule has 1 atom stereocenters. The molecule has 0 aliphatic carbocycles. The SMILES string of the molecule is COc1cc(CN(C)CCOc2ccccc2)ccc1OCC(O)CN(C)C(C)C. The van der Waals surface area contributed by atoms with Crippen LogP contribution in [0.2, 0.25) is 0 Å². The monoisotopic (exact) mass is 416 g/mol. The van der Waals surface area contributed by atoms with Crippen molar-refractivity contribution >= 4 is 0 Å². The maximum absolute atomic E-state index is 10.2. The van der Waals surface area contributed by atoms with Crippen LogP contribution in [-0.4, -0.2) is 74.6 Å². The van der Waals surface area contributed by atoms with Gasteiger partial charge in [-0.15, -0.1) is 0 Å². The van der Waals surface area contributed by atoms with Crippen LogP contribution in [0.15, 0.2) is 48.5 Å². The number of ether oxygens (including phenoxy) is 3. The van der Waals surface area contributed by atoms with Crippen LogP contribution in [0, 0.1) is 0 Å². The lowest BCUT2D eigenvalue weighted by Gasteiger charge is -2.24. The Balaban J connectivity index is 1.82. The van der Waals surface area contributed by atoms with Crippen molar-refractivity contribution in [3.05, 3.63) is 54.1 Å². The molecule has 166 valence electrons. The first kappa shape index (κ1) is 24.0. The van der Waals surface area contributed by atoms with Gasteiger partial charge in [-0.1, -0.05) is 24.3 Å². The molecule has 0 saturated carbocycles. The fraction of sp³-hybridized carbons (Fsp3) is 0.500. The van der Waals surface area contributed by atoms with E-state index in [0.29, 0.717) is 30.7 Å². The Bertz CT molecular complexity index is 739. The fourth-order valence-corrected chi connectivity index (χ4v) is 2.94. The standard InChI is InChI=1S/C24H36N2O4/c1-19(2)26(4)17-21(27)18-30-23-12-11-20(15-24(23)28-5)16-25(3)13-14-29-22-9-7-6-8-10-22/h6-12,15,19,21,27H,13-14,16-18H2,1-5H3. The lowest BCUT2D eigenvalue weighted by molar-refractivity contribution is 0.0668. The molecule has 30 heavy (non-hydrogen) atoms. The number of methoxy groups -OCH3 is 1. The lowest BCUT2D eigenvalue weighted by atomic mass is 10.2. The minimum absolute atomic E-state index is 0.226. The third-order valence-electron chi connectivity index (χ3n) is 4.98. The van der Waals surface area contributed by atoms with E-state index in [0.717, 1.165) is 24.4 Å². The summed E-state index contributed by atoms with van der Waals surface area (Å²) in [4.78, 5) is 4.29. The zero-order valence-corrected chi connectivity index (χ0v) is 18.9. The average molecular weight is 417 g/mol. The van der Waals surface area contributed by atoms with Gasteiger partial charge in [0.1, 0.15) is 25.1 Å². The number of aliphatic hydroxyl groups is 1. The van der Waals surface area contributed by atoms with Crippen molar-refractivity contribution in [2.75, 3.05) is 47.5 Å². The molecule has 2 aromatic rings. The van der Waals surface area contributed by atoms with Crippen molar-refractivity contribution in [1.29, 1.82) is 0 Å². The Morgan fingerprint density at radius 1 is 0.967 bits per heavy atom. The number of hydrogen-bond donors (Lipinski definition) is 1. The van der Waals surface area contributed by atoms with E-state index in [1.807, 2.05) is 55.6 Å². The second-order valence-corrected chi connectivity index (χ2v) is 7.88. The molecular weight excluding hydrogens is 380 g/mol. The second kappa shape index (κ2) is 12.4.